The van der Waals surface area contributed by atoms with Gasteiger partial charge in [-0.3, -0.25) is 4.79 Å². The van der Waals surface area contributed by atoms with Crippen LogP contribution in [-0.4, -0.2) is 17.8 Å². The van der Waals surface area contributed by atoms with Crippen LogP contribution in [0.15, 0.2) is 0 Å². The predicted octanol–water partition coefficient (Wildman–Crippen LogP) is 2.43. The van der Waals surface area contributed by atoms with Crippen molar-refractivity contribution >= 4 is 18.6 Å². The molecule has 0 N–H and O–H groups in total. The van der Waals surface area contributed by atoms with Gasteiger partial charge in [-0.05, 0) is 31.6 Å². The first kappa shape index (κ1) is 10.9. The quantitative estimate of drug-likeness (QED) is 0.562. The molecule has 0 radical (unpaired) electrons. The van der Waals surface area contributed by atoms with Crippen LogP contribution in [0.4, 0.5) is 0 Å². The van der Waals surface area contributed by atoms with Crippen molar-refractivity contribution < 1.29 is 9.53 Å². The molecular weight excluding hydrogens is 184 g/mol. The van der Waals surface area contributed by atoms with E-state index in [4.69, 9.17) is 4.74 Å². The number of esters is 1. The second-order valence-corrected chi connectivity index (χ2v) is 3.96. The average molecular weight is 202 g/mol. The third kappa shape index (κ3) is 3.22. The zero-order chi connectivity index (χ0) is 9.68. The molecule has 0 spiro atoms. The van der Waals surface area contributed by atoms with Gasteiger partial charge in [0.05, 0.1) is 5.75 Å². The largest absolute Gasteiger partial charge is 0.461 e. The number of carbonyl (C=O) groups excluding carboxylic acids is 1. The Morgan fingerprint density at radius 1 is 1.46 bits per heavy atom. The van der Waals surface area contributed by atoms with Crippen LogP contribution < -0.4 is 0 Å². The highest BCUT2D eigenvalue weighted by Crippen LogP contribution is 2.29. The van der Waals surface area contributed by atoms with Crippen LogP contribution in [0.3, 0.4) is 0 Å². The van der Waals surface area contributed by atoms with E-state index < -0.39 is 0 Å². The summed E-state index contributed by atoms with van der Waals surface area (Å²) >= 11 is 3.90. The lowest BCUT2D eigenvalue weighted by atomic mass is 9.85. The van der Waals surface area contributed by atoms with E-state index in [1.54, 1.807) is 0 Å². The Labute approximate surface area is 85.4 Å². The van der Waals surface area contributed by atoms with E-state index in [1.165, 1.54) is 19.3 Å². The fourth-order valence-corrected chi connectivity index (χ4v) is 2.08. The van der Waals surface area contributed by atoms with Gasteiger partial charge in [0.2, 0.25) is 0 Å². The molecular formula is C10H18O2S. The Balaban J connectivity index is 2.40. The zero-order valence-electron chi connectivity index (χ0n) is 8.16. The molecule has 0 aromatic carbocycles. The van der Waals surface area contributed by atoms with Crippen LogP contribution in [0, 0.1) is 5.92 Å². The number of carbonyl (C=O) groups is 1. The lowest BCUT2D eigenvalue weighted by Crippen LogP contribution is -2.30. The highest BCUT2D eigenvalue weighted by molar-refractivity contribution is 7.81. The van der Waals surface area contributed by atoms with E-state index in [9.17, 15) is 4.79 Å². The van der Waals surface area contributed by atoms with E-state index >= 15 is 0 Å². The number of rotatable bonds is 3. The molecule has 2 unspecified atom stereocenters. The number of hydrogen-bond donors (Lipinski definition) is 1. The van der Waals surface area contributed by atoms with Gasteiger partial charge in [0.15, 0.2) is 0 Å². The molecule has 1 fully saturated rings. The van der Waals surface area contributed by atoms with Crippen molar-refractivity contribution in [3.05, 3.63) is 0 Å². The second kappa shape index (κ2) is 5.53. The molecule has 3 heteroatoms. The Morgan fingerprint density at radius 2 is 2.15 bits per heavy atom. The summed E-state index contributed by atoms with van der Waals surface area (Å²) in [6.45, 7) is 2.16. The first-order chi connectivity index (χ1) is 6.27. The van der Waals surface area contributed by atoms with Gasteiger partial charge in [-0.25, -0.2) is 0 Å². The summed E-state index contributed by atoms with van der Waals surface area (Å²) in [5, 5.41) is 0. The lowest BCUT2D eigenvalue weighted by Gasteiger charge is -2.30. The minimum Gasteiger partial charge on any atom is -0.461 e. The third-order valence-electron chi connectivity index (χ3n) is 2.78. The fourth-order valence-electron chi connectivity index (χ4n) is 2.00. The normalized spacial score (nSPS) is 28.5. The van der Waals surface area contributed by atoms with Crippen molar-refractivity contribution in [1.29, 1.82) is 0 Å². The van der Waals surface area contributed by atoms with Gasteiger partial charge in [0.1, 0.15) is 6.10 Å². The summed E-state index contributed by atoms with van der Waals surface area (Å²) in [7, 11) is 0. The van der Waals surface area contributed by atoms with Crippen LogP contribution in [0.1, 0.15) is 39.0 Å². The van der Waals surface area contributed by atoms with Gasteiger partial charge in [-0.2, -0.15) is 12.6 Å². The Kier molecular flexibility index (Phi) is 4.64. The minimum atomic E-state index is -0.173. The van der Waals surface area contributed by atoms with Crippen LogP contribution in [0.5, 0.6) is 0 Å². The molecule has 0 aliphatic heterocycles. The Morgan fingerprint density at radius 3 is 2.77 bits per heavy atom. The molecule has 0 saturated heterocycles. The van der Waals surface area contributed by atoms with Gasteiger partial charge >= 0.3 is 5.97 Å². The molecule has 76 valence electrons. The smallest absolute Gasteiger partial charge is 0.315 e. The summed E-state index contributed by atoms with van der Waals surface area (Å²) in [5.41, 5.74) is 0. The SMILES string of the molecule is CCC1CCCCC1OC(=O)CS. The number of thiol groups is 1. The van der Waals surface area contributed by atoms with Gasteiger partial charge < -0.3 is 4.74 Å². The number of hydrogen-bond acceptors (Lipinski definition) is 3. The monoisotopic (exact) mass is 202 g/mol. The van der Waals surface area contributed by atoms with Gasteiger partial charge in [0.25, 0.3) is 0 Å². The molecule has 0 amide bonds. The molecule has 1 saturated carbocycles. The summed E-state index contributed by atoms with van der Waals surface area (Å²) in [5.74, 6) is 0.610. The molecule has 0 aromatic rings. The molecule has 1 aliphatic rings. The maximum atomic E-state index is 11.0. The van der Waals surface area contributed by atoms with Gasteiger partial charge in [0, 0.05) is 0 Å². The Bertz CT molecular complexity index is 170. The van der Waals surface area contributed by atoms with Crippen molar-refractivity contribution in [3.8, 4) is 0 Å². The van der Waals surface area contributed by atoms with E-state index in [-0.39, 0.29) is 17.8 Å². The van der Waals surface area contributed by atoms with Crippen molar-refractivity contribution in [3.63, 3.8) is 0 Å². The summed E-state index contributed by atoms with van der Waals surface area (Å²) in [6, 6.07) is 0. The first-order valence-corrected chi connectivity index (χ1v) is 5.71. The van der Waals surface area contributed by atoms with Gasteiger partial charge in [-0.1, -0.05) is 13.3 Å². The van der Waals surface area contributed by atoms with E-state index in [0.29, 0.717) is 5.92 Å². The van der Waals surface area contributed by atoms with Crippen molar-refractivity contribution in [2.75, 3.05) is 5.75 Å². The van der Waals surface area contributed by atoms with Crippen LogP contribution in [-0.2, 0) is 9.53 Å². The lowest BCUT2D eigenvalue weighted by molar-refractivity contribution is -0.150. The minimum absolute atomic E-state index is 0.165. The third-order valence-corrected chi connectivity index (χ3v) is 3.03. The fraction of sp³-hybridized carbons (Fsp3) is 0.900. The highest BCUT2D eigenvalue weighted by atomic mass is 32.1. The highest BCUT2D eigenvalue weighted by Gasteiger charge is 2.26. The first-order valence-electron chi connectivity index (χ1n) is 5.08. The maximum Gasteiger partial charge on any atom is 0.315 e. The van der Waals surface area contributed by atoms with Crippen LogP contribution in [0.2, 0.25) is 0 Å². The molecule has 0 heterocycles. The van der Waals surface area contributed by atoms with E-state index in [0.717, 1.165) is 12.8 Å². The van der Waals surface area contributed by atoms with Crippen LogP contribution in [0.25, 0.3) is 0 Å². The molecule has 0 aromatic heterocycles. The molecule has 0 bridgehead atoms. The molecule has 2 atom stereocenters. The molecule has 1 aliphatic carbocycles. The summed E-state index contributed by atoms with van der Waals surface area (Å²) in [6.07, 6.45) is 6.01. The van der Waals surface area contributed by atoms with Crippen molar-refractivity contribution in [2.45, 2.75) is 45.1 Å². The molecule has 2 nitrogen and oxygen atoms in total. The zero-order valence-corrected chi connectivity index (χ0v) is 9.06. The van der Waals surface area contributed by atoms with E-state index in [1.807, 2.05) is 0 Å². The van der Waals surface area contributed by atoms with Crippen molar-refractivity contribution in [2.24, 2.45) is 5.92 Å². The number of ether oxygens (including phenoxy) is 1. The molecule has 13 heavy (non-hydrogen) atoms. The van der Waals surface area contributed by atoms with E-state index in [2.05, 4.69) is 19.6 Å². The van der Waals surface area contributed by atoms with Crippen molar-refractivity contribution in [1.82, 2.24) is 0 Å². The summed E-state index contributed by atoms with van der Waals surface area (Å²) in [4.78, 5) is 11.0. The topological polar surface area (TPSA) is 26.3 Å². The predicted molar refractivity (Wildman–Crippen MR) is 56.0 cm³/mol. The maximum absolute atomic E-state index is 11.0. The average Bonchev–Trinajstić information content (AvgIpc) is 2.18. The van der Waals surface area contributed by atoms with Crippen LogP contribution >= 0.6 is 12.6 Å². The van der Waals surface area contributed by atoms with Gasteiger partial charge in [-0.15, -0.1) is 0 Å². The second-order valence-electron chi connectivity index (χ2n) is 3.64. The Hall–Kier alpha value is -0.180. The molecule has 1 rings (SSSR count). The standard InChI is InChI=1S/C10H18O2S/c1-2-8-5-3-4-6-9(8)12-10(11)7-13/h8-9,13H,2-7H2,1H3. The summed E-state index contributed by atoms with van der Waals surface area (Å²) < 4.78 is 5.33.